The fraction of sp³-hybridized carbons (Fsp3) is 0.321. The molecule has 1 saturated heterocycles. The molecule has 2 aromatic heterocycles. The zero-order valence-corrected chi connectivity index (χ0v) is 24.2. The van der Waals surface area contributed by atoms with Crippen molar-refractivity contribution in [3.63, 3.8) is 0 Å². The number of hydrogen-bond donors (Lipinski definition) is 1. The Labute approximate surface area is 240 Å². The van der Waals surface area contributed by atoms with Gasteiger partial charge in [-0.25, -0.2) is 17.8 Å². The maximum atomic E-state index is 15.2. The molecule has 0 atom stereocenters. The normalized spacial score (nSPS) is 14.2. The van der Waals surface area contributed by atoms with E-state index in [9.17, 15) is 18.0 Å². The molecule has 1 fully saturated rings. The second kappa shape index (κ2) is 11.8. The van der Waals surface area contributed by atoms with Crippen molar-refractivity contribution in [3.05, 3.63) is 80.4 Å². The maximum absolute atomic E-state index is 15.2. The van der Waals surface area contributed by atoms with Crippen LogP contribution in [-0.2, 0) is 21.1 Å². The number of fused-ring (bicyclic) bond motifs is 1. The van der Waals surface area contributed by atoms with Crippen molar-refractivity contribution in [2.45, 2.75) is 30.4 Å². The summed E-state index contributed by atoms with van der Waals surface area (Å²) in [5.74, 6) is -1.70. The molecule has 12 heteroatoms. The summed E-state index contributed by atoms with van der Waals surface area (Å²) in [6, 6.07) is 12.2. The first-order chi connectivity index (χ1) is 19.1. The number of ketones is 1. The Morgan fingerprint density at radius 2 is 1.90 bits per heavy atom. The third-order valence-corrected chi connectivity index (χ3v) is 10.3. The number of nitrogens with one attached hydrogen (secondary N) is 1. The summed E-state index contributed by atoms with van der Waals surface area (Å²) in [6.07, 6.45) is 2.21. The Balaban J connectivity index is 1.32. The molecule has 1 aliphatic rings. The van der Waals surface area contributed by atoms with Crippen LogP contribution in [0.25, 0.3) is 16.6 Å². The largest absolute Gasteiger partial charge is 0.384 e. The van der Waals surface area contributed by atoms with E-state index in [4.69, 9.17) is 11.6 Å². The number of anilines is 1. The van der Waals surface area contributed by atoms with Gasteiger partial charge >= 0.3 is 0 Å². The molecule has 0 saturated carbocycles. The number of halogens is 2. The van der Waals surface area contributed by atoms with Crippen LogP contribution in [0.4, 0.5) is 10.1 Å². The summed E-state index contributed by atoms with van der Waals surface area (Å²) >= 11 is 6.69. The topological polar surface area (TPSA) is 101 Å². The fourth-order valence-electron chi connectivity index (χ4n) is 4.92. The average Bonchev–Trinajstić information content (AvgIpc) is 3.57. The highest BCUT2D eigenvalue weighted by Gasteiger charge is 2.22. The lowest BCUT2D eigenvalue weighted by atomic mass is 10.1. The van der Waals surface area contributed by atoms with E-state index in [-0.39, 0.29) is 16.3 Å². The number of likely N-dealkylation sites (tertiary alicyclic amines) is 1. The molecule has 5 rings (SSSR count). The number of hydrogen-bond acceptors (Lipinski definition) is 8. The smallest absolute Gasteiger partial charge is 0.266 e. The molecular formula is C28H28ClFN4O4S2. The Hall–Kier alpha value is -3.12. The molecule has 0 radical (unpaired) electrons. The van der Waals surface area contributed by atoms with Crippen LogP contribution in [-0.4, -0.2) is 60.6 Å². The van der Waals surface area contributed by atoms with Crippen LogP contribution in [0, 0.1) is 12.7 Å². The van der Waals surface area contributed by atoms with E-state index in [1.165, 1.54) is 41.7 Å². The number of aryl methyl sites for hydroxylation is 1. The number of sulfone groups is 1. The third-order valence-electron chi connectivity index (χ3n) is 6.85. The van der Waals surface area contributed by atoms with Crippen molar-refractivity contribution >= 4 is 55.1 Å². The van der Waals surface area contributed by atoms with Crippen LogP contribution >= 0.6 is 22.9 Å². The summed E-state index contributed by atoms with van der Waals surface area (Å²) in [6.45, 7) is 5.62. The SMILES string of the molecule is Cc1nc2cc(NCCN3CCCC3)ccc2c(=O)n1-c1ccc(CC(=O)CS(=O)(=O)c2ccc(Cl)s2)cc1F. The Morgan fingerprint density at radius 1 is 1.12 bits per heavy atom. The Bertz CT molecular complexity index is 1750. The number of thiophene rings is 1. The molecule has 210 valence electrons. The van der Waals surface area contributed by atoms with Gasteiger partial charge in [-0.2, -0.15) is 0 Å². The second-order valence-electron chi connectivity index (χ2n) is 9.83. The lowest BCUT2D eigenvalue weighted by Crippen LogP contribution is -2.26. The minimum Gasteiger partial charge on any atom is -0.384 e. The van der Waals surface area contributed by atoms with Crippen LogP contribution < -0.4 is 10.9 Å². The molecule has 1 N–H and O–H groups in total. The summed E-state index contributed by atoms with van der Waals surface area (Å²) in [5, 5.41) is 3.74. The molecule has 0 bridgehead atoms. The minimum absolute atomic E-state index is 0.00163. The molecule has 0 unspecified atom stereocenters. The zero-order valence-electron chi connectivity index (χ0n) is 21.8. The highest BCUT2D eigenvalue weighted by Crippen LogP contribution is 2.27. The van der Waals surface area contributed by atoms with Crippen LogP contribution in [0.15, 0.2) is 57.5 Å². The van der Waals surface area contributed by atoms with Gasteiger partial charge in [-0.05, 0) is 80.9 Å². The fourth-order valence-corrected chi connectivity index (χ4v) is 7.73. The number of benzene rings is 2. The van der Waals surface area contributed by atoms with E-state index < -0.39 is 32.7 Å². The van der Waals surface area contributed by atoms with Crippen molar-refractivity contribution < 1.29 is 17.6 Å². The molecule has 40 heavy (non-hydrogen) atoms. The lowest BCUT2D eigenvalue weighted by molar-refractivity contribution is -0.116. The van der Waals surface area contributed by atoms with Crippen LogP contribution in [0.3, 0.4) is 0 Å². The molecular weight excluding hydrogens is 575 g/mol. The van der Waals surface area contributed by atoms with Gasteiger partial charge in [0.25, 0.3) is 5.56 Å². The minimum atomic E-state index is -3.83. The van der Waals surface area contributed by atoms with E-state index in [2.05, 4.69) is 15.2 Å². The van der Waals surface area contributed by atoms with Gasteiger partial charge in [0.05, 0.1) is 20.9 Å². The number of Topliss-reactive ketones (excluding diaryl/α,β-unsaturated/α-hetero) is 1. The van der Waals surface area contributed by atoms with Crippen molar-refractivity contribution in [2.24, 2.45) is 0 Å². The summed E-state index contributed by atoms with van der Waals surface area (Å²) in [4.78, 5) is 32.8. The van der Waals surface area contributed by atoms with Gasteiger partial charge in [0.15, 0.2) is 15.6 Å². The number of aromatic nitrogens is 2. The summed E-state index contributed by atoms with van der Waals surface area (Å²) < 4.78 is 41.7. The first-order valence-corrected chi connectivity index (χ1v) is 15.7. The number of rotatable bonds is 10. The number of carbonyl (C=O) groups excluding carboxylic acids is 1. The van der Waals surface area contributed by atoms with E-state index in [1.54, 1.807) is 13.0 Å². The molecule has 2 aromatic carbocycles. The van der Waals surface area contributed by atoms with E-state index in [0.717, 1.165) is 49.3 Å². The number of carbonyl (C=O) groups is 1. The molecule has 1 aliphatic heterocycles. The number of nitrogens with zero attached hydrogens (tertiary/aromatic N) is 3. The molecule has 3 heterocycles. The highest BCUT2D eigenvalue weighted by molar-refractivity contribution is 7.94. The molecule has 0 aliphatic carbocycles. The van der Waals surface area contributed by atoms with Gasteiger partial charge in [0.1, 0.15) is 21.6 Å². The van der Waals surface area contributed by atoms with Crippen molar-refractivity contribution in [2.75, 3.05) is 37.2 Å². The molecule has 8 nitrogen and oxygen atoms in total. The first-order valence-electron chi connectivity index (χ1n) is 12.9. The Kier molecular flexibility index (Phi) is 8.37. The molecule has 0 spiro atoms. The predicted octanol–water partition coefficient (Wildman–Crippen LogP) is 4.64. The van der Waals surface area contributed by atoms with E-state index in [0.29, 0.717) is 26.6 Å². The average molecular weight is 603 g/mol. The predicted molar refractivity (Wildman–Crippen MR) is 156 cm³/mol. The van der Waals surface area contributed by atoms with E-state index in [1.807, 2.05) is 12.1 Å². The standard InChI is InChI=1S/C28H28ClFN4O4S2/c1-18-32-24-16-20(31-10-13-33-11-2-3-12-33)5-6-22(24)28(36)34(18)25-7-4-19(15-23(25)30)14-21(35)17-40(37,38)27-9-8-26(29)39-27/h4-9,15-16,31H,2-3,10-14,17H2,1H3. The van der Waals surface area contributed by atoms with Crippen molar-refractivity contribution in [1.29, 1.82) is 0 Å². The second-order valence-corrected chi connectivity index (χ2v) is 13.8. The Morgan fingerprint density at radius 3 is 2.60 bits per heavy atom. The maximum Gasteiger partial charge on any atom is 0.266 e. The summed E-state index contributed by atoms with van der Waals surface area (Å²) in [5.41, 5.74) is 1.27. The third kappa shape index (κ3) is 6.27. The zero-order chi connectivity index (χ0) is 28.4. The van der Waals surface area contributed by atoms with Crippen LogP contribution in [0.5, 0.6) is 0 Å². The first kappa shape index (κ1) is 28.4. The van der Waals surface area contributed by atoms with Gasteiger partial charge in [0, 0.05) is 25.2 Å². The van der Waals surface area contributed by atoms with Crippen LogP contribution in [0.2, 0.25) is 4.34 Å². The van der Waals surface area contributed by atoms with Crippen LogP contribution in [0.1, 0.15) is 24.2 Å². The van der Waals surface area contributed by atoms with Gasteiger partial charge in [-0.3, -0.25) is 14.2 Å². The van der Waals surface area contributed by atoms with Crippen molar-refractivity contribution in [3.8, 4) is 5.69 Å². The highest BCUT2D eigenvalue weighted by atomic mass is 35.5. The van der Waals surface area contributed by atoms with Crippen molar-refractivity contribution in [1.82, 2.24) is 14.5 Å². The van der Waals surface area contributed by atoms with Gasteiger partial charge in [0.2, 0.25) is 0 Å². The van der Waals surface area contributed by atoms with Gasteiger partial charge in [-0.1, -0.05) is 17.7 Å². The monoisotopic (exact) mass is 602 g/mol. The molecule has 0 amide bonds. The molecule has 4 aromatic rings. The van der Waals surface area contributed by atoms with Gasteiger partial charge < -0.3 is 10.2 Å². The van der Waals surface area contributed by atoms with E-state index >= 15 is 4.39 Å². The summed E-state index contributed by atoms with van der Waals surface area (Å²) in [7, 11) is -3.83. The lowest BCUT2D eigenvalue weighted by Gasteiger charge is -2.16. The quantitative estimate of drug-likeness (QED) is 0.282. The van der Waals surface area contributed by atoms with Gasteiger partial charge in [-0.15, -0.1) is 11.3 Å².